The summed E-state index contributed by atoms with van der Waals surface area (Å²) in [6.45, 7) is 4.56. The zero-order chi connectivity index (χ0) is 13.1. The molecule has 2 heterocycles. The second-order valence-electron chi connectivity index (χ2n) is 5.92. The number of ether oxygens (including phenoxy) is 2. The average Bonchev–Trinajstić information content (AvgIpc) is 2.40. The van der Waals surface area contributed by atoms with Gasteiger partial charge < -0.3 is 19.7 Å². The summed E-state index contributed by atoms with van der Waals surface area (Å²) in [6, 6.07) is 0. The maximum atomic E-state index is 9.25. The first-order valence-corrected chi connectivity index (χ1v) is 7.18. The zero-order valence-electron chi connectivity index (χ0n) is 11.4. The van der Waals surface area contributed by atoms with Crippen LogP contribution in [0, 0.1) is 11.8 Å². The minimum atomic E-state index is -0.0449. The highest BCUT2D eigenvalue weighted by molar-refractivity contribution is 4.88. The molecule has 4 heteroatoms. The third-order valence-corrected chi connectivity index (χ3v) is 4.44. The average molecular weight is 258 g/mol. The summed E-state index contributed by atoms with van der Waals surface area (Å²) in [6.07, 6.45) is 4.03. The molecule has 0 aromatic rings. The predicted molar refractivity (Wildman–Crippen MR) is 68.3 cm³/mol. The summed E-state index contributed by atoms with van der Waals surface area (Å²) < 4.78 is 12.0. The second-order valence-corrected chi connectivity index (χ2v) is 5.92. The van der Waals surface area contributed by atoms with Gasteiger partial charge in [0.2, 0.25) is 0 Å². The topological polar surface area (TPSA) is 58.9 Å². The fourth-order valence-electron chi connectivity index (χ4n) is 3.15. The molecule has 2 N–H and O–H groups in total. The van der Waals surface area contributed by atoms with Crippen LogP contribution >= 0.6 is 0 Å². The van der Waals surface area contributed by atoms with E-state index in [1.807, 2.05) is 0 Å². The molecular formula is C14H26O4. The first-order valence-electron chi connectivity index (χ1n) is 7.18. The van der Waals surface area contributed by atoms with Crippen LogP contribution in [-0.2, 0) is 9.47 Å². The van der Waals surface area contributed by atoms with Crippen LogP contribution in [0.5, 0.6) is 0 Å². The van der Waals surface area contributed by atoms with Gasteiger partial charge in [0.1, 0.15) is 0 Å². The van der Waals surface area contributed by atoms with E-state index < -0.39 is 0 Å². The van der Waals surface area contributed by atoms with Crippen LogP contribution in [0.25, 0.3) is 0 Å². The Kier molecular flexibility index (Phi) is 5.01. The van der Waals surface area contributed by atoms with Gasteiger partial charge in [-0.15, -0.1) is 0 Å². The lowest BCUT2D eigenvalue weighted by molar-refractivity contribution is -0.202. The molecule has 0 aliphatic carbocycles. The largest absolute Gasteiger partial charge is 0.394 e. The van der Waals surface area contributed by atoms with Crippen molar-refractivity contribution in [2.45, 2.75) is 63.9 Å². The van der Waals surface area contributed by atoms with Gasteiger partial charge in [-0.25, -0.2) is 0 Å². The molecular weight excluding hydrogens is 232 g/mol. The van der Waals surface area contributed by atoms with Gasteiger partial charge in [0, 0.05) is 0 Å². The van der Waals surface area contributed by atoms with Crippen molar-refractivity contribution in [2.75, 3.05) is 13.2 Å². The van der Waals surface area contributed by atoms with Gasteiger partial charge in [0.05, 0.1) is 37.6 Å². The molecule has 2 saturated heterocycles. The Morgan fingerprint density at radius 3 is 1.50 bits per heavy atom. The van der Waals surface area contributed by atoms with Crippen LogP contribution in [0.1, 0.15) is 39.5 Å². The molecule has 2 rings (SSSR count). The molecule has 0 unspecified atom stereocenters. The molecule has 2 aliphatic rings. The van der Waals surface area contributed by atoms with Crippen molar-refractivity contribution in [3.8, 4) is 0 Å². The standard InChI is InChI=1S/C14H26O4/c1-9-3-5-11(7-15)17-13(9)14-10(2)4-6-12(8-16)18-14/h9-16H,3-8H2,1-2H3/t9-,10-,11+,12+,13-,14-/m0/s1. The van der Waals surface area contributed by atoms with Crippen LogP contribution < -0.4 is 0 Å². The van der Waals surface area contributed by atoms with Gasteiger partial charge in [0.25, 0.3) is 0 Å². The van der Waals surface area contributed by atoms with E-state index in [9.17, 15) is 10.2 Å². The Balaban J connectivity index is 2.02. The van der Waals surface area contributed by atoms with E-state index >= 15 is 0 Å². The summed E-state index contributed by atoms with van der Waals surface area (Å²) in [5.41, 5.74) is 0. The van der Waals surface area contributed by atoms with E-state index in [-0.39, 0.29) is 37.6 Å². The van der Waals surface area contributed by atoms with Crippen molar-refractivity contribution >= 4 is 0 Å². The van der Waals surface area contributed by atoms with Gasteiger partial charge in [-0.2, -0.15) is 0 Å². The predicted octanol–water partition coefficient (Wildman–Crippen LogP) is 1.34. The Morgan fingerprint density at radius 2 is 1.17 bits per heavy atom. The van der Waals surface area contributed by atoms with Crippen LogP contribution in [0.2, 0.25) is 0 Å². The highest BCUT2D eigenvalue weighted by Gasteiger charge is 2.40. The second kappa shape index (κ2) is 6.33. The van der Waals surface area contributed by atoms with Crippen molar-refractivity contribution in [2.24, 2.45) is 11.8 Å². The molecule has 0 spiro atoms. The fraction of sp³-hybridized carbons (Fsp3) is 1.00. The fourth-order valence-corrected chi connectivity index (χ4v) is 3.15. The molecule has 2 aliphatic heterocycles. The van der Waals surface area contributed by atoms with Crippen LogP contribution in [0.15, 0.2) is 0 Å². The van der Waals surface area contributed by atoms with E-state index in [0.29, 0.717) is 11.8 Å². The monoisotopic (exact) mass is 258 g/mol. The van der Waals surface area contributed by atoms with Crippen molar-refractivity contribution in [1.29, 1.82) is 0 Å². The molecule has 0 bridgehead atoms. The number of aliphatic hydroxyl groups excluding tert-OH is 2. The minimum Gasteiger partial charge on any atom is -0.394 e. The van der Waals surface area contributed by atoms with Crippen molar-refractivity contribution < 1.29 is 19.7 Å². The first kappa shape index (κ1) is 14.3. The Morgan fingerprint density at radius 1 is 0.778 bits per heavy atom. The van der Waals surface area contributed by atoms with Crippen LogP contribution in [0.4, 0.5) is 0 Å². The number of rotatable bonds is 3. The lowest BCUT2D eigenvalue weighted by Crippen LogP contribution is -2.50. The summed E-state index contributed by atoms with van der Waals surface area (Å²) >= 11 is 0. The van der Waals surface area contributed by atoms with Crippen LogP contribution in [0.3, 0.4) is 0 Å². The Hall–Kier alpha value is -0.160. The van der Waals surface area contributed by atoms with E-state index in [4.69, 9.17) is 9.47 Å². The van der Waals surface area contributed by atoms with E-state index in [1.165, 1.54) is 0 Å². The molecule has 4 nitrogen and oxygen atoms in total. The molecule has 18 heavy (non-hydrogen) atoms. The van der Waals surface area contributed by atoms with E-state index in [2.05, 4.69) is 13.8 Å². The third kappa shape index (κ3) is 3.05. The minimum absolute atomic E-state index is 0.0449. The van der Waals surface area contributed by atoms with Crippen molar-refractivity contribution in [3.05, 3.63) is 0 Å². The molecule has 6 atom stereocenters. The lowest BCUT2D eigenvalue weighted by Gasteiger charge is -2.44. The summed E-state index contributed by atoms with van der Waals surface area (Å²) in [5, 5.41) is 18.5. The quantitative estimate of drug-likeness (QED) is 0.802. The molecule has 0 radical (unpaired) electrons. The molecule has 0 aromatic heterocycles. The summed E-state index contributed by atoms with van der Waals surface area (Å²) in [5.74, 6) is 0.912. The Labute approximate surface area is 109 Å². The van der Waals surface area contributed by atoms with E-state index in [1.54, 1.807) is 0 Å². The highest BCUT2D eigenvalue weighted by atomic mass is 16.6. The number of hydrogen-bond acceptors (Lipinski definition) is 4. The van der Waals surface area contributed by atoms with Gasteiger partial charge in [0.15, 0.2) is 0 Å². The molecule has 106 valence electrons. The maximum absolute atomic E-state index is 9.25. The highest BCUT2D eigenvalue weighted by Crippen LogP contribution is 2.35. The van der Waals surface area contributed by atoms with E-state index in [0.717, 1.165) is 25.7 Å². The summed E-state index contributed by atoms with van der Waals surface area (Å²) in [4.78, 5) is 0. The van der Waals surface area contributed by atoms with Crippen molar-refractivity contribution in [1.82, 2.24) is 0 Å². The van der Waals surface area contributed by atoms with Gasteiger partial charge >= 0.3 is 0 Å². The zero-order valence-corrected chi connectivity index (χ0v) is 11.4. The molecule has 0 amide bonds. The Bertz CT molecular complexity index is 232. The molecule has 2 fully saturated rings. The summed E-state index contributed by atoms with van der Waals surface area (Å²) in [7, 11) is 0. The van der Waals surface area contributed by atoms with Gasteiger partial charge in [-0.1, -0.05) is 13.8 Å². The third-order valence-electron chi connectivity index (χ3n) is 4.44. The van der Waals surface area contributed by atoms with Gasteiger partial charge in [-0.05, 0) is 37.5 Å². The van der Waals surface area contributed by atoms with Gasteiger partial charge in [-0.3, -0.25) is 0 Å². The smallest absolute Gasteiger partial charge is 0.0869 e. The number of aliphatic hydroxyl groups is 2. The number of hydrogen-bond donors (Lipinski definition) is 2. The normalized spacial score (nSPS) is 46.0. The molecule has 0 saturated carbocycles. The SMILES string of the molecule is C[C@H]1CC[C@H](CO)O[C@@H]1[C@H]1O[C@@H](CO)CC[C@@H]1C. The lowest BCUT2D eigenvalue weighted by atomic mass is 9.82. The molecule has 0 aromatic carbocycles. The maximum Gasteiger partial charge on any atom is 0.0869 e. The van der Waals surface area contributed by atoms with Crippen LogP contribution in [-0.4, -0.2) is 47.8 Å². The van der Waals surface area contributed by atoms with Crippen molar-refractivity contribution in [3.63, 3.8) is 0 Å². The first-order chi connectivity index (χ1) is 8.65.